The van der Waals surface area contributed by atoms with E-state index < -0.39 is 4.92 Å². The van der Waals surface area contributed by atoms with Crippen molar-refractivity contribution in [3.05, 3.63) is 68.2 Å². The van der Waals surface area contributed by atoms with Gasteiger partial charge in [-0.05, 0) is 35.9 Å². The zero-order chi connectivity index (χ0) is 17.3. The number of carbonyl (C=O) groups is 1. The van der Waals surface area contributed by atoms with Crippen molar-refractivity contribution in [1.29, 1.82) is 0 Å². The summed E-state index contributed by atoms with van der Waals surface area (Å²) >= 11 is 5.80. The van der Waals surface area contributed by atoms with Crippen LogP contribution >= 0.6 is 11.6 Å². The van der Waals surface area contributed by atoms with Gasteiger partial charge in [0.15, 0.2) is 5.78 Å². The fourth-order valence-corrected chi connectivity index (χ4v) is 2.59. The second kappa shape index (κ2) is 6.33. The molecule has 3 rings (SSSR count). The van der Waals surface area contributed by atoms with E-state index in [1.807, 2.05) is 0 Å². The Labute approximate surface area is 142 Å². The molecule has 0 amide bonds. The predicted molar refractivity (Wildman–Crippen MR) is 88.9 cm³/mol. The molecule has 0 aliphatic carbocycles. The normalized spacial score (nSPS) is 14.9. The summed E-state index contributed by atoms with van der Waals surface area (Å²) in [7, 11) is 1.51. The van der Waals surface area contributed by atoms with Gasteiger partial charge in [-0.2, -0.15) is 0 Å². The van der Waals surface area contributed by atoms with Crippen LogP contribution < -0.4 is 9.47 Å². The van der Waals surface area contributed by atoms with Crippen LogP contribution in [0.15, 0.2) is 42.0 Å². The molecule has 0 bridgehead atoms. The molecule has 0 fully saturated rings. The van der Waals surface area contributed by atoms with E-state index in [4.69, 9.17) is 21.1 Å². The molecular weight excluding hydrogens is 334 g/mol. The quantitative estimate of drug-likeness (QED) is 0.478. The lowest BCUT2D eigenvalue weighted by Crippen LogP contribution is -2.19. The first-order valence-corrected chi connectivity index (χ1v) is 7.37. The fraction of sp³-hybridized carbons (Fsp3) is 0.118. The second-order valence-corrected chi connectivity index (χ2v) is 5.52. The smallest absolute Gasteiger partial charge is 0.288 e. The Morgan fingerprint density at radius 1 is 1.29 bits per heavy atom. The number of rotatable bonds is 3. The van der Waals surface area contributed by atoms with Gasteiger partial charge in [-0.15, -0.1) is 0 Å². The van der Waals surface area contributed by atoms with E-state index in [0.29, 0.717) is 28.2 Å². The molecule has 2 aromatic carbocycles. The molecule has 0 radical (unpaired) electrons. The van der Waals surface area contributed by atoms with Gasteiger partial charge in [0.25, 0.3) is 5.69 Å². The van der Waals surface area contributed by atoms with Crippen molar-refractivity contribution in [3.8, 4) is 11.5 Å². The van der Waals surface area contributed by atoms with E-state index in [0.717, 1.165) is 0 Å². The lowest BCUT2D eigenvalue weighted by Gasteiger charge is -2.19. The SMILES string of the molecule is COc1ccc2c(c1)C(=O)C(=Cc1ccc(Cl)c([N+](=O)[O-])c1)CO2. The number of carbonyl (C=O) groups excluding carboxylic acids is 1. The Morgan fingerprint density at radius 2 is 2.08 bits per heavy atom. The first kappa shape index (κ1) is 16.0. The van der Waals surface area contributed by atoms with Crippen LogP contribution in [-0.4, -0.2) is 24.4 Å². The van der Waals surface area contributed by atoms with Gasteiger partial charge in [-0.1, -0.05) is 17.7 Å². The van der Waals surface area contributed by atoms with Crippen molar-refractivity contribution in [2.24, 2.45) is 0 Å². The summed E-state index contributed by atoms with van der Waals surface area (Å²) < 4.78 is 10.7. The average molecular weight is 346 g/mol. The third kappa shape index (κ3) is 2.96. The van der Waals surface area contributed by atoms with Gasteiger partial charge in [-0.25, -0.2) is 0 Å². The molecule has 0 saturated heterocycles. The fourth-order valence-electron chi connectivity index (χ4n) is 2.40. The minimum absolute atomic E-state index is 0.0449. The van der Waals surface area contributed by atoms with E-state index in [2.05, 4.69) is 0 Å². The zero-order valence-corrected chi connectivity index (χ0v) is 13.4. The van der Waals surface area contributed by atoms with Crippen LogP contribution in [0.3, 0.4) is 0 Å². The van der Waals surface area contributed by atoms with Gasteiger partial charge in [-0.3, -0.25) is 14.9 Å². The number of methoxy groups -OCH3 is 1. The maximum atomic E-state index is 12.6. The molecule has 0 aromatic heterocycles. The lowest BCUT2D eigenvalue weighted by atomic mass is 9.98. The molecule has 0 spiro atoms. The number of nitrogens with zero attached hydrogens (tertiary/aromatic N) is 1. The average Bonchev–Trinajstić information content (AvgIpc) is 2.58. The maximum Gasteiger partial charge on any atom is 0.288 e. The minimum atomic E-state index is -0.566. The van der Waals surface area contributed by atoms with Gasteiger partial charge < -0.3 is 9.47 Å². The number of hydrogen-bond donors (Lipinski definition) is 0. The Bertz CT molecular complexity index is 875. The molecule has 1 aliphatic rings. The molecule has 6 nitrogen and oxygen atoms in total. The number of Topliss-reactive ketones (excluding diaryl/α,β-unsaturated/α-hetero) is 1. The largest absolute Gasteiger partial charge is 0.497 e. The summed E-state index contributed by atoms with van der Waals surface area (Å²) in [4.78, 5) is 23.0. The van der Waals surface area contributed by atoms with E-state index >= 15 is 0 Å². The van der Waals surface area contributed by atoms with E-state index in [-0.39, 0.29) is 23.1 Å². The summed E-state index contributed by atoms with van der Waals surface area (Å²) in [6.07, 6.45) is 1.56. The Hall–Kier alpha value is -2.86. The monoisotopic (exact) mass is 345 g/mol. The highest BCUT2D eigenvalue weighted by atomic mass is 35.5. The highest BCUT2D eigenvalue weighted by molar-refractivity contribution is 6.32. The molecule has 0 unspecified atom stereocenters. The van der Waals surface area contributed by atoms with Crippen LogP contribution in [0.5, 0.6) is 11.5 Å². The lowest BCUT2D eigenvalue weighted by molar-refractivity contribution is -0.384. The number of benzene rings is 2. The van der Waals surface area contributed by atoms with Crippen molar-refractivity contribution in [1.82, 2.24) is 0 Å². The second-order valence-electron chi connectivity index (χ2n) is 5.12. The van der Waals surface area contributed by atoms with E-state index in [1.165, 1.54) is 19.2 Å². The van der Waals surface area contributed by atoms with Crippen LogP contribution in [-0.2, 0) is 0 Å². The highest BCUT2D eigenvalue weighted by Crippen LogP contribution is 2.32. The van der Waals surface area contributed by atoms with Gasteiger partial charge in [0, 0.05) is 11.6 Å². The number of hydrogen-bond acceptors (Lipinski definition) is 5. The summed E-state index contributed by atoms with van der Waals surface area (Å²) in [5.74, 6) is 0.835. The molecule has 122 valence electrons. The minimum Gasteiger partial charge on any atom is -0.497 e. The molecule has 0 atom stereocenters. The summed E-state index contributed by atoms with van der Waals surface area (Å²) in [5.41, 5.74) is 1.09. The third-order valence-corrected chi connectivity index (χ3v) is 3.93. The van der Waals surface area contributed by atoms with Crippen molar-refractivity contribution in [2.75, 3.05) is 13.7 Å². The van der Waals surface area contributed by atoms with Crippen LogP contribution in [0.25, 0.3) is 6.08 Å². The van der Waals surface area contributed by atoms with Gasteiger partial charge >= 0.3 is 0 Å². The van der Waals surface area contributed by atoms with Crippen LogP contribution in [0.4, 0.5) is 5.69 Å². The van der Waals surface area contributed by atoms with Crippen molar-refractivity contribution in [2.45, 2.75) is 0 Å². The summed E-state index contributed by atoms with van der Waals surface area (Å²) in [6.45, 7) is 0.0919. The van der Waals surface area contributed by atoms with Gasteiger partial charge in [0.2, 0.25) is 0 Å². The Morgan fingerprint density at radius 3 is 2.79 bits per heavy atom. The van der Waals surface area contributed by atoms with Crippen molar-refractivity contribution in [3.63, 3.8) is 0 Å². The van der Waals surface area contributed by atoms with Gasteiger partial charge in [0.05, 0.1) is 17.6 Å². The molecule has 0 saturated carbocycles. The highest BCUT2D eigenvalue weighted by Gasteiger charge is 2.24. The zero-order valence-electron chi connectivity index (χ0n) is 12.6. The molecule has 1 aliphatic heterocycles. The topological polar surface area (TPSA) is 78.7 Å². The van der Waals surface area contributed by atoms with E-state index in [9.17, 15) is 14.9 Å². The van der Waals surface area contributed by atoms with Crippen molar-refractivity contribution < 1.29 is 19.2 Å². The van der Waals surface area contributed by atoms with Crippen LogP contribution in [0.1, 0.15) is 15.9 Å². The number of nitro groups is 1. The molecular formula is C17H12ClNO5. The number of ether oxygens (including phenoxy) is 2. The molecule has 0 N–H and O–H groups in total. The first-order valence-electron chi connectivity index (χ1n) is 6.99. The van der Waals surface area contributed by atoms with E-state index in [1.54, 1.807) is 30.3 Å². The third-order valence-electron chi connectivity index (χ3n) is 3.61. The van der Waals surface area contributed by atoms with Gasteiger partial charge in [0.1, 0.15) is 23.1 Å². The molecule has 1 heterocycles. The number of nitro benzene ring substituents is 1. The van der Waals surface area contributed by atoms with Crippen LogP contribution in [0.2, 0.25) is 5.02 Å². The molecule has 24 heavy (non-hydrogen) atoms. The molecule has 7 heteroatoms. The first-order chi connectivity index (χ1) is 11.5. The predicted octanol–water partition coefficient (Wildman–Crippen LogP) is 3.92. The number of halogens is 1. The number of ketones is 1. The van der Waals surface area contributed by atoms with Crippen LogP contribution in [0, 0.1) is 10.1 Å². The Balaban J connectivity index is 1.98. The standard InChI is InChI=1S/C17H12ClNO5/c1-23-12-3-5-16-13(8-12)17(20)11(9-24-16)6-10-2-4-14(18)15(7-10)19(21)22/h2-8H,9H2,1H3. The molecule has 2 aromatic rings. The maximum absolute atomic E-state index is 12.6. The summed E-state index contributed by atoms with van der Waals surface area (Å²) in [6, 6.07) is 9.35. The Kier molecular flexibility index (Phi) is 4.22. The number of fused-ring (bicyclic) bond motifs is 1. The summed E-state index contributed by atoms with van der Waals surface area (Å²) in [5, 5.41) is 11.0. The van der Waals surface area contributed by atoms with Crippen molar-refractivity contribution >= 4 is 29.1 Å².